The van der Waals surface area contributed by atoms with E-state index in [9.17, 15) is 4.57 Å². The van der Waals surface area contributed by atoms with Gasteiger partial charge in [0.05, 0.1) is 0 Å². The molecular weight excluding hydrogens is 202 g/mol. The van der Waals surface area contributed by atoms with Crippen LogP contribution >= 0.6 is 8.25 Å². The van der Waals surface area contributed by atoms with Crippen molar-refractivity contribution >= 4 is 21.0 Å². The SMILES string of the molecule is C[As](C)(C)(C)O[PH](=O)O. The van der Waals surface area contributed by atoms with Crippen LogP contribution < -0.4 is 0 Å². The maximum absolute atomic E-state index is 10.2. The summed E-state index contributed by atoms with van der Waals surface area (Å²) < 4.78 is 15.1. The third kappa shape index (κ3) is 8.71. The summed E-state index contributed by atoms with van der Waals surface area (Å²) in [5.41, 5.74) is 7.71. The zero-order valence-corrected chi connectivity index (χ0v) is 9.09. The van der Waals surface area contributed by atoms with Gasteiger partial charge in [-0.05, 0) is 0 Å². The van der Waals surface area contributed by atoms with E-state index in [1.165, 1.54) is 0 Å². The molecule has 0 aliphatic heterocycles. The fourth-order valence-corrected chi connectivity index (χ4v) is 4.87. The van der Waals surface area contributed by atoms with Crippen LogP contribution in [0.3, 0.4) is 0 Å². The number of rotatable bonds is 2. The number of hydrogen-bond donors (Lipinski definition) is 1. The second-order valence-electron chi connectivity index (χ2n) is 3.77. The normalized spacial score (nSPS) is 20.3. The first-order chi connectivity index (χ1) is 3.67. The Morgan fingerprint density at radius 2 is 1.67 bits per heavy atom. The van der Waals surface area contributed by atoms with Gasteiger partial charge in [0.15, 0.2) is 0 Å². The van der Waals surface area contributed by atoms with Gasteiger partial charge in [-0.25, -0.2) is 0 Å². The van der Waals surface area contributed by atoms with Crippen molar-refractivity contribution in [3.05, 3.63) is 0 Å². The third-order valence-corrected chi connectivity index (χ3v) is 6.91. The fraction of sp³-hybridized carbons (Fsp3) is 1.00. The molecule has 0 spiro atoms. The predicted molar refractivity (Wildman–Crippen MR) is 41.5 cm³/mol. The van der Waals surface area contributed by atoms with Gasteiger partial charge in [0.1, 0.15) is 0 Å². The summed E-state index contributed by atoms with van der Waals surface area (Å²) in [6, 6.07) is 0. The van der Waals surface area contributed by atoms with E-state index < -0.39 is 21.0 Å². The van der Waals surface area contributed by atoms with E-state index in [0.717, 1.165) is 0 Å². The van der Waals surface area contributed by atoms with Crippen molar-refractivity contribution < 1.29 is 13.0 Å². The van der Waals surface area contributed by atoms with Crippen LogP contribution in [0, 0.1) is 0 Å². The van der Waals surface area contributed by atoms with Crippen LogP contribution in [0.2, 0.25) is 22.8 Å². The Kier molecular flexibility index (Phi) is 2.58. The standard InChI is InChI=1S/C4H14AsO3P/c1-5(2,3,4)8-9(6)7/h9H,1-4H3,(H,6,7). The molecule has 0 aromatic rings. The van der Waals surface area contributed by atoms with E-state index in [2.05, 4.69) is 0 Å². The van der Waals surface area contributed by atoms with E-state index in [4.69, 9.17) is 8.41 Å². The molecule has 58 valence electrons. The van der Waals surface area contributed by atoms with Crippen molar-refractivity contribution in [3.8, 4) is 0 Å². The molecule has 1 unspecified atom stereocenters. The van der Waals surface area contributed by atoms with Crippen LogP contribution in [0.15, 0.2) is 0 Å². The Morgan fingerprint density at radius 1 is 1.33 bits per heavy atom. The van der Waals surface area contributed by atoms with Crippen molar-refractivity contribution in [2.45, 2.75) is 22.8 Å². The van der Waals surface area contributed by atoms with Gasteiger partial charge < -0.3 is 0 Å². The molecule has 3 nitrogen and oxygen atoms in total. The van der Waals surface area contributed by atoms with Crippen molar-refractivity contribution in [1.29, 1.82) is 0 Å². The van der Waals surface area contributed by atoms with Gasteiger partial charge in [0.25, 0.3) is 0 Å². The van der Waals surface area contributed by atoms with Crippen molar-refractivity contribution in [2.75, 3.05) is 0 Å². The molecule has 0 radical (unpaired) electrons. The second kappa shape index (κ2) is 2.39. The van der Waals surface area contributed by atoms with Crippen LogP contribution in [0.4, 0.5) is 0 Å². The Morgan fingerprint density at radius 3 is 1.67 bits per heavy atom. The summed E-state index contributed by atoms with van der Waals surface area (Å²) in [5, 5.41) is 0. The molecule has 9 heavy (non-hydrogen) atoms. The van der Waals surface area contributed by atoms with Gasteiger partial charge in [-0.3, -0.25) is 0 Å². The average molecular weight is 216 g/mol. The quantitative estimate of drug-likeness (QED) is 0.565. The predicted octanol–water partition coefficient (Wildman–Crippen LogP) is 1.80. The van der Waals surface area contributed by atoms with E-state index in [0.29, 0.717) is 0 Å². The molecule has 0 aliphatic rings. The van der Waals surface area contributed by atoms with Crippen LogP contribution in [0.5, 0.6) is 0 Å². The van der Waals surface area contributed by atoms with E-state index >= 15 is 0 Å². The molecule has 1 atom stereocenters. The third-order valence-electron chi connectivity index (χ3n) is 0.443. The van der Waals surface area contributed by atoms with Crippen molar-refractivity contribution in [3.63, 3.8) is 0 Å². The topological polar surface area (TPSA) is 46.5 Å². The molecule has 0 rings (SSSR count). The molecular formula is C4H14AsO3P. The van der Waals surface area contributed by atoms with Gasteiger partial charge in [-0.15, -0.1) is 0 Å². The Labute approximate surface area is 57.4 Å². The Hall–Kier alpha value is 0.708. The minimum absolute atomic E-state index is 1.93. The zero-order chi connectivity index (χ0) is 7.73. The summed E-state index contributed by atoms with van der Waals surface area (Å²) in [6.07, 6.45) is 0. The molecule has 0 bridgehead atoms. The van der Waals surface area contributed by atoms with E-state index in [-0.39, 0.29) is 0 Å². The van der Waals surface area contributed by atoms with Gasteiger partial charge in [-0.2, -0.15) is 0 Å². The summed E-state index contributed by atoms with van der Waals surface area (Å²) >= 11 is -2.67. The summed E-state index contributed by atoms with van der Waals surface area (Å²) in [4.78, 5) is 8.42. The van der Waals surface area contributed by atoms with Crippen LogP contribution in [0.25, 0.3) is 0 Å². The molecule has 0 heterocycles. The molecule has 0 aromatic heterocycles. The maximum atomic E-state index is 10.2. The molecule has 0 amide bonds. The molecule has 0 saturated heterocycles. The Balaban J connectivity index is 4.05. The average Bonchev–Trinajstić information content (AvgIpc) is 1.16. The second-order valence-corrected chi connectivity index (χ2v) is 20.0. The van der Waals surface area contributed by atoms with E-state index in [1.54, 1.807) is 0 Å². The fourth-order valence-electron chi connectivity index (χ4n) is 0.312. The monoisotopic (exact) mass is 216 g/mol. The van der Waals surface area contributed by atoms with Crippen LogP contribution in [-0.2, 0) is 8.08 Å². The molecule has 0 saturated carbocycles. The van der Waals surface area contributed by atoms with Gasteiger partial charge in [0.2, 0.25) is 0 Å². The molecule has 0 aromatic carbocycles. The molecule has 0 fully saturated rings. The first kappa shape index (κ1) is 9.71. The Bertz CT molecular complexity index is 127. The van der Waals surface area contributed by atoms with Gasteiger partial charge in [0, 0.05) is 0 Å². The first-order valence-electron chi connectivity index (χ1n) is 2.60. The zero-order valence-electron chi connectivity index (χ0n) is 6.21. The minimum atomic E-state index is -2.72. The van der Waals surface area contributed by atoms with Crippen molar-refractivity contribution in [1.82, 2.24) is 0 Å². The molecule has 1 N–H and O–H groups in total. The van der Waals surface area contributed by atoms with Crippen molar-refractivity contribution in [2.24, 2.45) is 0 Å². The molecule has 5 heteroatoms. The summed E-state index contributed by atoms with van der Waals surface area (Å²) in [5.74, 6) is 0. The summed E-state index contributed by atoms with van der Waals surface area (Å²) in [7, 11) is -2.72. The van der Waals surface area contributed by atoms with Gasteiger partial charge in [-0.1, -0.05) is 0 Å². The van der Waals surface area contributed by atoms with E-state index in [1.807, 2.05) is 22.8 Å². The summed E-state index contributed by atoms with van der Waals surface area (Å²) in [6.45, 7) is 0. The number of hydrogen-bond acceptors (Lipinski definition) is 2. The first-order valence-corrected chi connectivity index (χ1v) is 12.1. The van der Waals surface area contributed by atoms with Crippen LogP contribution in [-0.4, -0.2) is 17.7 Å². The van der Waals surface area contributed by atoms with Gasteiger partial charge >= 0.3 is 56.9 Å². The molecule has 0 aliphatic carbocycles. The van der Waals surface area contributed by atoms with Crippen LogP contribution in [0.1, 0.15) is 0 Å².